The monoisotopic (exact) mass is 556 g/mol. The molecule has 1 amide bonds. The van der Waals surface area contributed by atoms with Crippen molar-refractivity contribution in [3.8, 4) is 11.3 Å². The van der Waals surface area contributed by atoms with Gasteiger partial charge in [0, 0.05) is 28.3 Å². The van der Waals surface area contributed by atoms with Crippen LogP contribution in [0.15, 0.2) is 104 Å². The van der Waals surface area contributed by atoms with Gasteiger partial charge < -0.3 is 4.74 Å². The van der Waals surface area contributed by atoms with E-state index < -0.39 is 0 Å². The Morgan fingerprint density at radius 1 is 0.929 bits per heavy atom. The number of carbonyl (C=O) groups excluding carboxylic acids is 1. The van der Waals surface area contributed by atoms with E-state index in [1.165, 1.54) is 0 Å². The number of hydrogen-bond donors (Lipinski definition) is 1. The standard InChI is InChI=1S/C33H28N6O3/c1-22-19-27(11-12-28(22)33(40)37-42-18-17-41-23(2)25-7-4-3-5-8-25)30-14-15-31-32(35-30)39(38-36-31)21-24-10-13-29-26(20-24)9-6-16-34-29/h3-16,19-20H,2,17-18,21H2,1H3,(H,37,40). The first-order valence-corrected chi connectivity index (χ1v) is 13.5. The second kappa shape index (κ2) is 12.0. The minimum Gasteiger partial charge on any atom is -0.491 e. The molecule has 3 heterocycles. The van der Waals surface area contributed by atoms with Gasteiger partial charge in [0.05, 0.1) is 17.8 Å². The molecular weight excluding hydrogens is 528 g/mol. The maximum Gasteiger partial charge on any atom is 0.275 e. The molecule has 0 spiro atoms. The Morgan fingerprint density at radius 2 is 1.79 bits per heavy atom. The van der Waals surface area contributed by atoms with Crippen LogP contribution < -0.4 is 5.48 Å². The molecule has 0 bridgehead atoms. The fourth-order valence-electron chi connectivity index (χ4n) is 4.68. The highest BCUT2D eigenvalue weighted by atomic mass is 16.7. The molecule has 0 radical (unpaired) electrons. The molecule has 208 valence electrons. The number of pyridine rings is 2. The summed E-state index contributed by atoms with van der Waals surface area (Å²) in [6.45, 7) is 6.76. The molecule has 6 rings (SSSR count). The van der Waals surface area contributed by atoms with Gasteiger partial charge in [-0.1, -0.05) is 60.3 Å². The minimum absolute atomic E-state index is 0.177. The number of hydroxylamine groups is 1. The highest BCUT2D eigenvalue weighted by Crippen LogP contribution is 2.24. The van der Waals surface area contributed by atoms with E-state index in [0.29, 0.717) is 29.0 Å². The van der Waals surface area contributed by atoms with Crippen molar-refractivity contribution < 1.29 is 14.4 Å². The van der Waals surface area contributed by atoms with Gasteiger partial charge in [-0.2, -0.15) is 0 Å². The highest BCUT2D eigenvalue weighted by Gasteiger charge is 2.13. The van der Waals surface area contributed by atoms with Crippen molar-refractivity contribution in [1.82, 2.24) is 30.4 Å². The van der Waals surface area contributed by atoms with E-state index >= 15 is 0 Å². The van der Waals surface area contributed by atoms with Crippen molar-refractivity contribution >= 4 is 33.7 Å². The van der Waals surface area contributed by atoms with E-state index in [1.54, 1.807) is 16.9 Å². The number of aryl methyl sites for hydroxylation is 1. The predicted molar refractivity (Wildman–Crippen MR) is 161 cm³/mol. The molecular formula is C33H28N6O3. The summed E-state index contributed by atoms with van der Waals surface area (Å²) in [6.07, 6.45) is 1.79. The van der Waals surface area contributed by atoms with E-state index in [-0.39, 0.29) is 19.1 Å². The molecule has 42 heavy (non-hydrogen) atoms. The molecule has 6 aromatic rings. The fraction of sp³-hybridized carbons (Fsp3) is 0.121. The maximum atomic E-state index is 12.7. The number of carbonyl (C=O) groups is 1. The lowest BCUT2D eigenvalue weighted by Gasteiger charge is -2.11. The fourth-order valence-corrected chi connectivity index (χ4v) is 4.68. The van der Waals surface area contributed by atoms with Crippen LogP contribution in [0.2, 0.25) is 0 Å². The van der Waals surface area contributed by atoms with Crippen LogP contribution in [0.4, 0.5) is 0 Å². The third kappa shape index (κ3) is 5.86. The van der Waals surface area contributed by atoms with Crippen molar-refractivity contribution in [2.45, 2.75) is 13.5 Å². The van der Waals surface area contributed by atoms with Crippen molar-refractivity contribution in [2.75, 3.05) is 13.2 Å². The topological polar surface area (TPSA) is 104 Å². The smallest absolute Gasteiger partial charge is 0.275 e. The predicted octanol–water partition coefficient (Wildman–Crippen LogP) is 5.75. The van der Waals surface area contributed by atoms with E-state index in [0.717, 1.165) is 38.9 Å². The molecule has 0 unspecified atom stereocenters. The summed E-state index contributed by atoms with van der Waals surface area (Å²) in [5.74, 6) is 0.214. The Kier molecular flexibility index (Phi) is 7.65. The summed E-state index contributed by atoms with van der Waals surface area (Å²) in [5.41, 5.74) is 9.74. The number of nitrogens with one attached hydrogen (secondary N) is 1. The zero-order valence-electron chi connectivity index (χ0n) is 23.0. The number of hydrogen-bond acceptors (Lipinski definition) is 7. The number of ether oxygens (including phenoxy) is 1. The van der Waals surface area contributed by atoms with Crippen LogP contribution in [0.1, 0.15) is 27.0 Å². The van der Waals surface area contributed by atoms with Crippen molar-refractivity contribution in [2.24, 2.45) is 0 Å². The van der Waals surface area contributed by atoms with Gasteiger partial charge in [0.15, 0.2) is 5.65 Å². The zero-order chi connectivity index (χ0) is 28.9. The van der Waals surface area contributed by atoms with Crippen LogP contribution in [0.25, 0.3) is 39.1 Å². The van der Waals surface area contributed by atoms with Crippen LogP contribution in [0, 0.1) is 6.92 Å². The number of nitrogens with zero attached hydrogens (tertiary/aromatic N) is 5. The lowest BCUT2D eigenvalue weighted by molar-refractivity contribution is 0.0167. The Balaban J connectivity index is 1.10. The average molecular weight is 557 g/mol. The van der Waals surface area contributed by atoms with E-state index in [4.69, 9.17) is 14.6 Å². The molecule has 3 aromatic heterocycles. The second-order valence-corrected chi connectivity index (χ2v) is 9.76. The molecule has 1 N–H and O–H groups in total. The van der Waals surface area contributed by atoms with E-state index in [1.807, 2.05) is 85.8 Å². The maximum absolute atomic E-state index is 12.7. The van der Waals surface area contributed by atoms with Gasteiger partial charge >= 0.3 is 0 Å². The Morgan fingerprint density at radius 3 is 2.64 bits per heavy atom. The average Bonchev–Trinajstić information content (AvgIpc) is 3.42. The summed E-state index contributed by atoms with van der Waals surface area (Å²) in [6, 6.07) is 29.1. The quantitative estimate of drug-likeness (QED) is 0.130. The van der Waals surface area contributed by atoms with Gasteiger partial charge in [0.1, 0.15) is 24.5 Å². The van der Waals surface area contributed by atoms with Gasteiger partial charge in [-0.3, -0.25) is 14.6 Å². The molecule has 0 saturated heterocycles. The van der Waals surface area contributed by atoms with E-state index in [9.17, 15) is 4.79 Å². The van der Waals surface area contributed by atoms with Gasteiger partial charge in [-0.15, -0.1) is 5.10 Å². The molecule has 0 aliphatic heterocycles. The lowest BCUT2D eigenvalue weighted by atomic mass is 10.0. The number of rotatable bonds is 10. The molecule has 9 heteroatoms. The number of benzene rings is 3. The van der Waals surface area contributed by atoms with Crippen LogP contribution in [-0.2, 0) is 16.1 Å². The number of aromatic nitrogens is 5. The second-order valence-electron chi connectivity index (χ2n) is 9.76. The van der Waals surface area contributed by atoms with Gasteiger partial charge in [0.2, 0.25) is 0 Å². The number of fused-ring (bicyclic) bond motifs is 2. The Labute approximate surface area is 242 Å². The van der Waals surface area contributed by atoms with Crippen LogP contribution in [0.3, 0.4) is 0 Å². The van der Waals surface area contributed by atoms with Gasteiger partial charge in [-0.25, -0.2) is 15.1 Å². The normalized spacial score (nSPS) is 11.1. The molecule has 9 nitrogen and oxygen atoms in total. The minimum atomic E-state index is -0.336. The third-order valence-corrected chi connectivity index (χ3v) is 6.85. The molecule has 0 aliphatic carbocycles. The first-order chi connectivity index (χ1) is 20.5. The number of amides is 1. The van der Waals surface area contributed by atoms with Crippen molar-refractivity contribution in [3.05, 3.63) is 126 Å². The Bertz CT molecular complexity index is 1900. The van der Waals surface area contributed by atoms with Crippen LogP contribution >= 0.6 is 0 Å². The lowest BCUT2D eigenvalue weighted by Crippen LogP contribution is -2.26. The molecule has 0 fully saturated rings. The van der Waals surface area contributed by atoms with E-state index in [2.05, 4.69) is 33.4 Å². The molecule has 0 aliphatic rings. The molecule has 3 aromatic carbocycles. The summed E-state index contributed by atoms with van der Waals surface area (Å²) in [7, 11) is 0. The van der Waals surface area contributed by atoms with Crippen LogP contribution in [0.5, 0.6) is 0 Å². The summed E-state index contributed by atoms with van der Waals surface area (Å²) in [4.78, 5) is 27.3. The summed E-state index contributed by atoms with van der Waals surface area (Å²) in [5, 5.41) is 9.70. The summed E-state index contributed by atoms with van der Waals surface area (Å²) >= 11 is 0. The zero-order valence-corrected chi connectivity index (χ0v) is 23.0. The Hall–Kier alpha value is -5.41. The van der Waals surface area contributed by atoms with Crippen molar-refractivity contribution in [3.63, 3.8) is 0 Å². The first-order valence-electron chi connectivity index (χ1n) is 13.5. The van der Waals surface area contributed by atoms with Crippen molar-refractivity contribution in [1.29, 1.82) is 0 Å². The first kappa shape index (κ1) is 26.8. The van der Waals surface area contributed by atoms with Gasteiger partial charge in [0.25, 0.3) is 5.91 Å². The molecule has 0 atom stereocenters. The molecule has 0 saturated carbocycles. The third-order valence-electron chi connectivity index (χ3n) is 6.85. The largest absolute Gasteiger partial charge is 0.491 e. The van der Waals surface area contributed by atoms with Crippen LogP contribution in [-0.4, -0.2) is 44.1 Å². The SMILES string of the molecule is C=C(OCCONC(=O)c1ccc(-c2ccc3nnn(Cc4ccc5ncccc5c4)c3n2)cc1C)c1ccccc1. The highest BCUT2D eigenvalue weighted by molar-refractivity contribution is 5.95. The van der Waals surface area contributed by atoms with Gasteiger partial charge in [-0.05, 0) is 60.5 Å². The summed E-state index contributed by atoms with van der Waals surface area (Å²) < 4.78 is 7.39.